The Bertz CT molecular complexity index is 1180. The van der Waals surface area contributed by atoms with Crippen molar-refractivity contribution >= 4 is 29.0 Å². The maximum atomic E-state index is 13.6. The first-order chi connectivity index (χ1) is 15.2. The lowest BCUT2D eigenvalue weighted by Crippen LogP contribution is -2.40. The van der Waals surface area contributed by atoms with E-state index in [1.807, 2.05) is 6.07 Å². The standard InChI is InChI=1S/C23H18ClF3N4O/c1-13-18(9-7-15(12-29)21(13)24)31-20-5-3-2-4-19(20)30(22(31)32)16-8-6-14(11-28)17(10-16)23(25,26)27/h6-10,19-20H,2-5H2,1H3/t19-,20-/m0/s1. The van der Waals surface area contributed by atoms with Crippen LogP contribution in [0.1, 0.15) is 47.9 Å². The highest BCUT2D eigenvalue weighted by Crippen LogP contribution is 2.43. The Balaban J connectivity index is 1.83. The third kappa shape index (κ3) is 3.45. The Hall–Kier alpha value is -3.23. The monoisotopic (exact) mass is 458 g/mol. The van der Waals surface area contributed by atoms with Crippen molar-refractivity contribution in [1.82, 2.24) is 0 Å². The van der Waals surface area contributed by atoms with Gasteiger partial charge < -0.3 is 0 Å². The minimum Gasteiger partial charge on any atom is -0.289 e. The van der Waals surface area contributed by atoms with Gasteiger partial charge in [-0.1, -0.05) is 24.4 Å². The average molecular weight is 459 g/mol. The quantitative estimate of drug-likeness (QED) is 0.540. The number of anilines is 2. The van der Waals surface area contributed by atoms with Crippen LogP contribution >= 0.6 is 11.6 Å². The molecule has 164 valence electrons. The van der Waals surface area contributed by atoms with Crippen LogP contribution in [0.4, 0.5) is 29.3 Å². The number of nitrogens with zero attached hydrogens (tertiary/aromatic N) is 4. The zero-order chi connectivity index (χ0) is 23.2. The summed E-state index contributed by atoms with van der Waals surface area (Å²) in [4.78, 5) is 16.6. The molecule has 2 atom stereocenters. The van der Waals surface area contributed by atoms with Crippen molar-refractivity contribution in [3.63, 3.8) is 0 Å². The van der Waals surface area contributed by atoms with Crippen LogP contribution in [-0.2, 0) is 6.18 Å². The lowest BCUT2D eigenvalue weighted by Gasteiger charge is -2.32. The zero-order valence-electron chi connectivity index (χ0n) is 17.1. The highest BCUT2D eigenvalue weighted by molar-refractivity contribution is 6.33. The van der Waals surface area contributed by atoms with Gasteiger partial charge in [-0.25, -0.2) is 4.79 Å². The maximum Gasteiger partial charge on any atom is 0.417 e. The number of hydrogen-bond acceptors (Lipinski definition) is 3. The highest BCUT2D eigenvalue weighted by atomic mass is 35.5. The second-order valence-electron chi connectivity index (χ2n) is 7.96. The van der Waals surface area contributed by atoms with E-state index < -0.39 is 23.3 Å². The number of carbonyl (C=O) groups excluding carboxylic acids is 1. The predicted molar refractivity (Wildman–Crippen MR) is 113 cm³/mol. The number of nitriles is 2. The van der Waals surface area contributed by atoms with Crippen molar-refractivity contribution in [3.8, 4) is 12.1 Å². The zero-order valence-corrected chi connectivity index (χ0v) is 17.8. The topological polar surface area (TPSA) is 71.1 Å². The number of hydrogen-bond donors (Lipinski definition) is 0. The summed E-state index contributed by atoms with van der Waals surface area (Å²) < 4.78 is 40.6. The third-order valence-electron chi connectivity index (χ3n) is 6.21. The number of alkyl halides is 3. The van der Waals surface area contributed by atoms with E-state index >= 15 is 0 Å². The first-order valence-corrected chi connectivity index (χ1v) is 10.5. The van der Waals surface area contributed by atoms with Gasteiger partial charge in [-0.15, -0.1) is 0 Å². The van der Waals surface area contributed by atoms with Gasteiger partial charge in [0.15, 0.2) is 0 Å². The number of fused-ring (bicyclic) bond motifs is 1. The van der Waals surface area contributed by atoms with E-state index in [4.69, 9.17) is 16.9 Å². The van der Waals surface area contributed by atoms with E-state index in [0.29, 0.717) is 29.7 Å². The summed E-state index contributed by atoms with van der Waals surface area (Å²) in [5.74, 6) is 0. The van der Waals surface area contributed by atoms with Crippen LogP contribution in [0.3, 0.4) is 0 Å². The van der Waals surface area contributed by atoms with E-state index in [9.17, 15) is 23.2 Å². The molecule has 32 heavy (non-hydrogen) atoms. The molecule has 2 fully saturated rings. The van der Waals surface area contributed by atoms with Crippen molar-refractivity contribution in [2.24, 2.45) is 0 Å². The fourth-order valence-corrected chi connectivity index (χ4v) is 4.92. The van der Waals surface area contributed by atoms with Crippen LogP contribution in [0.2, 0.25) is 5.02 Å². The van der Waals surface area contributed by atoms with Gasteiger partial charge in [0.05, 0.1) is 45.6 Å². The summed E-state index contributed by atoms with van der Waals surface area (Å²) >= 11 is 6.33. The maximum absolute atomic E-state index is 13.6. The molecule has 2 aliphatic rings. The summed E-state index contributed by atoms with van der Waals surface area (Å²) in [7, 11) is 0. The first-order valence-electron chi connectivity index (χ1n) is 10.1. The summed E-state index contributed by atoms with van der Waals surface area (Å²) in [5, 5.41) is 18.6. The molecule has 4 rings (SSSR count). The van der Waals surface area contributed by atoms with Crippen molar-refractivity contribution in [1.29, 1.82) is 10.5 Å². The van der Waals surface area contributed by atoms with E-state index in [2.05, 4.69) is 0 Å². The SMILES string of the molecule is Cc1c(N2C(=O)N(c3ccc(C#N)c(C(F)(F)F)c3)[C@H]3CCCC[C@@H]32)ccc(C#N)c1Cl. The van der Waals surface area contributed by atoms with Gasteiger partial charge >= 0.3 is 12.2 Å². The van der Waals surface area contributed by atoms with E-state index in [1.54, 1.807) is 30.0 Å². The molecule has 1 heterocycles. The van der Waals surface area contributed by atoms with Crippen LogP contribution in [0, 0.1) is 29.6 Å². The van der Waals surface area contributed by atoms with Crippen molar-refractivity contribution in [2.75, 3.05) is 9.80 Å². The predicted octanol–water partition coefficient (Wildman–Crippen LogP) is 6.17. The molecule has 2 aromatic rings. The fourth-order valence-electron chi connectivity index (χ4n) is 4.71. The number of benzene rings is 2. The minimum absolute atomic E-state index is 0.109. The fraction of sp³-hybridized carbons (Fsp3) is 0.348. The number of rotatable bonds is 2. The number of urea groups is 1. The molecule has 0 unspecified atom stereocenters. The van der Waals surface area contributed by atoms with Crippen LogP contribution in [0.5, 0.6) is 0 Å². The van der Waals surface area contributed by atoms with E-state index in [0.717, 1.165) is 25.0 Å². The number of carbonyl (C=O) groups is 1. The largest absolute Gasteiger partial charge is 0.417 e. The Labute approximate surface area is 188 Å². The van der Waals surface area contributed by atoms with Gasteiger partial charge in [-0.05, 0) is 55.7 Å². The molecule has 1 saturated carbocycles. The van der Waals surface area contributed by atoms with Crippen LogP contribution in [-0.4, -0.2) is 18.1 Å². The molecule has 1 aliphatic carbocycles. The Morgan fingerprint density at radius 2 is 1.59 bits per heavy atom. The van der Waals surface area contributed by atoms with Crippen molar-refractivity contribution < 1.29 is 18.0 Å². The summed E-state index contributed by atoms with van der Waals surface area (Å²) in [6.45, 7) is 1.72. The molecule has 2 aromatic carbocycles. The lowest BCUT2D eigenvalue weighted by molar-refractivity contribution is -0.137. The molecular formula is C23H18ClF3N4O. The highest BCUT2D eigenvalue weighted by Gasteiger charge is 2.49. The van der Waals surface area contributed by atoms with Gasteiger partial charge in [0.1, 0.15) is 6.07 Å². The summed E-state index contributed by atoms with van der Waals surface area (Å²) in [5.41, 5.74) is -0.0332. The molecule has 0 aromatic heterocycles. The molecule has 0 N–H and O–H groups in total. The van der Waals surface area contributed by atoms with Crippen LogP contribution < -0.4 is 9.80 Å². The smallest absolute Gasteiger partial charge is 0.289 e. The molecule has 0 spiro atoms. The third-order valence-corrected chi connectivity index (χ3v) is 6.70. The molecule has 0 bridgehead atoms. The van der Waals surface area contributed by atoms with Gasteiger partial charge in [0.2, 0.25) is 0 Å². The van der Waals surface area contributed by atoms with Gasteiger partial charge in [0.25, 0.3) is 0 Å². The van der Waals surface area contributed by atoms with E-state index in [-0.39, 0.29) is 22.8 Å². The van der Waals surface area contributed by atoms with Crippen LogP contribution in [0.25, 0.3) is 0 Å². The average Bonchev–Trinajstić information content (AvgIpc) is 3.06. The molecule has 0 radical (unpaired) electrons. The summed E-state index contributed by atoms with van der Waals surface area (Å²) in [6, 6.07) is 9.18. The van der Waals surface area contributed by atoms with Crippen LogP contribution in [0.15, 0.2) is 30.3 Å². The van der Waals surface area contributed by atoms with Gasteiger partial charge in [-0.2, -0.15) is 23.7 Å². The lowest BCUT2D eigenvalue weighted by atomic mass is 9.89. The Morgan fingerprint density at radius 3 is 2.19 bits per heavy atom. The van der Waals surface area contributed by atoms with E-state index in [1.165, 1.54) is 11.0 Å². The van der Waals surface area contributed by atoms with Crippen molar-refractivity contribution in [2.45, 2.75) is 50.9 Å². The molecule has 9 heteroatoms. The molecule has 1 aliphatic heterocycles. The van der Waals surface area contributed by atoms with Gasteiger partial charge in [0, 0.05) is 5.69 Å². The molecular weight excluding hydrogens is 441 g/mol. The normalized spacial score (nSPS) is 20.7. The number of amides is 2. The molecule has 2 amide bonds. The van der Waals surface area contributed by atoms with Gasteiger partial charge in [-0.3, -0.25) is 9.80 Å². The Kier molecular flexibility index (Phi) is 5.52. The number of halogens is 4. The minimum atomic E-state index is -4.72. The second kappa shape index (κ2) is 8.03. The van der Waals surface area contributed by atoms with Crippen molar-refractivity contribution in [3.05, 3.63) is 57.6 Å². The molecule has 1 saturated heterocycles. The second-order valence-corrected chi connectivity index (χ2v) is 8.34. The first kappa shape index (κ1) is 22.0. The molecule has 5 nitrogen and oxygen atoms in total. The Morgan fingerprint density at radius 1 is 1.00 bits per heavy atom. The summed E-state index contributed by atoms with van der Waals surface area (Å²) in [6.07, 6.45) is -1.62.